The second kappa shape index (κ2) is 10.3. The quantitative estimate of drug-likeness (QED) is 0.572. The first-order valence-electron chi connectivity index (χ1n) is 8.42. The molecule has 2 aromatic rings. The van der Waals surface area contributed by atoms with Gasteiger partial charge in [0.2, 0.25) is 5.91 Å². The molecule has 0 saturated carbocycles. The Morgan fingerprint density at radius 3 is 2.20 bits per heavy atom. The minimum atomic E-state index is -4.55. The summed E-state index contributed by atoms with van der Waals surface area (Å²) in [7, 11) is 0. The Morgan fingerprint density at radius 2 is 1.53 bits per heavy atom. The van der Waals surface area contributed by atoms with E-state index in [9.17, 15) is 27.6 Å². The largest absolute Gasteiger partial charge is 0.456 e. The topological polar surface area (TPSA) is 84.5 Å². The van der Waals surface area contributed by atoms with Crippen molar-refractivity contribution in [2.24, 2.45) is 0 Å². The molecule has 0 aliphatic rings. The Morgan fingerprint density at radius 1 is 0.867 bits per heavy atom. The third-order valence-electron chi connectivity index (χ3n) is 3.60. The number of alkyl halides is 3. The molecule has 2 N–H and O–H groups in total. The van der Waals surface area contributed by atoms with Crippen LogP contribution in [0.15, 0.2) is 42.5 Å². The van der Waals surface area contributed by atoms with Crippen molar-refractivity contribution in [3.63, 3.8) is 0 Å². The smallest absolute Gasteiger partial charge is 0.416 e. The maximum atomic E-state index is 12.7. The second-order valence-corrected chi connectivity index (χ2v) is 6.78. The highest BCUT2D eigenvalue weighted by Gasteiger charge is 2.30. The number of ether oxygens (including phenoxy) is 1. The lowest BCUT2D eigenvalue weighted by atomic mass is 10.2. The van der Waals surface area contributed by atoms with Crippen LogP contribution in [0.25, 0.3) is 0 Å². The van der Waals surface area contributed by atoms with E-state index in [-0.39, 0.29) is 23.6 Å². The highest BCUT2D eigenvalue weighted by Crippen LogP contribution is 2.30. The van der Waals surface area contributed by atoms with Crippen LogP contribution in [0.3, 0.4) is 0 Å². The summed E-state index contributed by atoms with van der Waals surface area (Å²) in [4.78, 5) is 35.3. The summed E-state index contributed by atoms with van der Waals surface area (Å²) < 4.78 is 42.7. The first-order chi connectivity index (χ1) is 14.0. The highest BCUT2D eigenvalue weighted by molar-refractivity contribution is 6.42. The van der Waals surface area contributed by atoms with E-state index >= 15 is 0 Å². The number of benzene rings is 2. The van der Waals surface area contributed by atoms with Crippen LogP contribution >= 0.6 is 23.2 Å². The maximum Gasteiger partial charge on any atom is 0.416 e. The van der Waals surface area contributed by atoms with E-state index in [2.05, 4.69) is 10.6 Å². The molecule has 0 atom stereocenters. The number of anilines is 2. The van der Waals surface area contributed by atoms with E-state index in [4.69, 9.17) is 27.9 Å². The molecule has 0 aromatic heterocycles. The molecule has 11 heteroatoms. The molecule has 0 saturated heterocycles. The fraction of sp³-hybridized carbons (Fsp3) is 0.211. The second-order valence-electron chi connectivity index (χ2n) is 5.96. The lowest BCUT2D eigenvalue weighted by Gasteiger charge is -2.10. The van der Waals surface area contributed by atoms with Gasteiger partial charge in [0.1, 0.15) is 0 Å². The van der Waals surface area contributed by atoms with Crippen LogP contribution in [0.2, 0.25) is 10.0 Å². The Labute approximate surface area is 179 Å². The van der Waals surface area contributed by atoms with Crippen molar-refractivity contribution < 1.29 is 32.3 Å². The molecule has 0 spiro atoms. The Bertz CT molecular complexity index is 952. The van der Waals surface area contributed by atoms with Crippen molar-refractivity contribution in [2.45, 2.75) is 19.0 Å². The lowest BCUT2D eigenvalue weighted by Crippen LogP contribution is -2.22. The maximum absolute atomic E-state index is 12.7. The van der Waals surface area contributed by atoms with E-state index in [1.165, 1.54) is 24.3 Å². The summed E-state index contributed by atoms with van der Waals surface area (Å²) in [5, 5.41) is 5.29. The molecule has 2 amide bonds. The molecule has 0 bridgehead atoms. The molecule has 0 unspecified atom stereocenters. The molecule has 2 aromatic carbocycles. The summed E-state index contributed by atoms with van der Waals surface area (Å²) >= 11 is 11.6. The van der Waals surface area contributed by atoms with Crippen LogP contribution in [0.4, 0.5) is 24.5 Å². The lowest BCUT2D eigenvalue weighted by molar-refractivity contribution is -0.147. The molecule has 30 heavy (non-hydrogen) atoms. The zero-order valence-corrected chi connectivity index (χ0v) is 16.7. The Kier molecular flexibility index (Phi) is 8.08. The normalized spacial score (nSPS) is 11.0. The average Bonchev–Trinajstić information content (AvgIpc) is 2.67. The summed E-state index contributed by atoms with van der Waals surface area (Å²) in [6.45, 7) is -0.705. The van der Waals surface area contributed by atoms with Gasteiger partial charge in [0, 0.05) is 17.8 Å². The van der Waals surface area contributed by atoms with E-state index in [1.54, 1.807) is 0 Å². The minimum Gasteiger partial charge on any atom is -0.456 e. The van der Waals surface area contributed by atoms with Crippen molar-refractivity contribution in [2.75, 3.05) is 17.2 Å². The number of rotatable bonds is 7. The minimum absolute atomic E-state index is 0.0909. The molecule has 6 nitrogen and oxygen atoms in total. The zero-order valence-electron chi connectivity index (χ0n) is 15.2. The Hall–Kier alpha value is -2.78. The fourth-order valence-electron chi connectivity index (χ4n) is 2.20. The molecule has 0 aliphatic heterocycles. The van der Waals surface area contributed by atoms with Crippen LogP contribution in [-0.4, -0.2) is 24.4 Å². The van der Waals surface area contributed by atoms with E-state index in [0.717, 1.165) is 18.2 Å². The van der Waals surface area contributed by atoms with Gasteiger partial charge in [0.05, 0.1) is 22.0 Å². The summed E-state index contributed by atoms with van der Waals surface area (Å²) in [6, 6.07) is 8.49. The van der Waals surface area contributed by atoms with Gasteiger partial charge in [-0.05, 0) is 36.4 Å². The molecular formula is C19H15Cl2F3N2O4. The molecule has 0 fully saturated rings. The first kappa shape index (κ1) is 23.5. The number of carbonyl (C=O) groups is 3. The number of amides is 2. The first-order valence-corrected chi connectivity index (χ1v) is 9.18. The van der Waals surface area contributed by atoms with Gasteiger partial charge in [-0.3, -0.25) is 14.4 Å². The number of hydrogen-bond acceptors (Lipinski definition) is 4. The molecule has 160 valence electrons. The number of halogens is 5. The van der Waals surface area contributed by atoms with E-state index < -0.39 is 36.1 Å². The van der Waals surface area contributed by atoms with Crippen molar-refractivity contribution in [3.8, 4) is 0 Å². The van der Waals surface area contributed by atoms with Gasteiger partial charge < -0.3 is 15.4 Å². The van der Waals surface area contributed by atoms with Crippen LogP contribution in [0.5, 0.6) is 0 Å². The van der Waals surface area contributed by atoms with Crippen molar-refractivity contribution in [1.29, 1.82) is 0 Å². The highest BCUT2D eigenvalue weighted by atomic mass is 35.5. The number of nitrogens with one attached hydrogen (secondary N) is 2. The van der Waals surface area contributed by atoms with Crippen molar-refractivity contribution in [3.05, 3.63) is 58.1 Å². The van der Waals surface area contributed by atoms with Gasteiger partial charge in [-0.2, -0.15) is 13.2 Å². The van der Waals surface area contributed by atoms with Crippen molar-refractivity contribution in [1.82, 2.24) is 0 Å². The Balaban J connectivity index is 1.74. The third-order valence-corrected chi connectivity index (χ3v) is 4.34. The van der Waals surface area contributed by atoms with E-state index in [0.29, 0.717) is 10.7 Å². The van der Waals surface area contributed by atoms with Crippen LogP contribution in [0, 0.1) is 0 Å². The van der Waals surface area contributed by atoms with Gasteiger partial charge in [-0.1, -0.05) is 29.3 Å². The zero-order chi connectivity index (χ0) is 22.3. The summed E-state index contributed by atoms with van der Waals surface area (Å²) in [6.07, 6.45) is -5.07. The fourth-order valence-corrected chi connectivity index (χ4v) is 2.50. The average molecular weight is 463 g/mol. The van der Waals surface area contributed by atoms with Gasteiger partial charge in [0.25, 0.3) is 5.91 Å². The van der Waals surface area contributed by atoms with Crippen LogP contribution in [-0.2, 0) is 25.3 Å². The monoisotopic (exact) mass is 462 g/mol. The summed E-state index contributed by atoms with van der Waals surface area (Å²) in [5.74, 6) is -2.12. The van der Waals surface area contributed by atoms with Crippen LogP contribution in [0.1, 0.15) is 18.4 Å². The van der Waals surface area contributed by atoms with Crippen LogP contribution < -0.4 is 10.6 Å². The SMILES string of the molecule is O=C(CCC(=O)OCC(=O)Nc1cccc(C(F)(F)F)c1)Nc1ccc(Cl)c(Cl)c1. The van der Waals surface area contributed by atoms with E-state index in [1.807, 2.05) is 0 Å². The van der Waals surface area contributed by atoms with Gasteiger partial charge in [-0.25, -0.2) is 0 Å². The van der Waals surface area contributed by atoms with Gasteiger partial charge >= 0.3 is 12.1 Å². The van der Waals surface area contributed by atoms with Crippen molar-refractivity contribution >= 4 is 52.4 Å². The molecule has 0 heterocycles. The predicted octanol–water partition coefficient (Wildman–Crippen LogP) is 4.91. The standard InChI is InChI=1S/C19H15Cl2F3N2O4/c20-14-5-4-13(9-15(14)21)25-16(27)6-7-18(29)30-10-17(28)26-12-3-1-2-11(8-12)19(22,23)24/h1-5,8-9H,6-7,10H2,(H,25,27)(H,26,28). The number of esters is 1. The number of hydrogen-bond donors (Lipinski definition) is 2. The number of carbonyl (C=O) groups excluding carboxylic acids is 3. The van der Waals surface area contributed by atoms with Gasteiger partial charge in [-0.15, -0.1) is 0 Å². The molecule has 2 rings (SSSR count). The summed E-state index contributed by atoms with van der Waals surface area (Å²) in [5.41, 5.74) is -0.625. The molecule has 0 radical (unpaired) electrons. The third kappa shape index (κ3) is 7.57. The molecule has 0 aliphatic carbocycles. The predicted molar refractivity (Wildman–Crippen MR) is 105 cm³/mol. The molecular weight excluding hydrogens is 448 g/mol. The van der Waals surface area contributed by atoms with Gasteiger partial charge in [0.15, 0.2) is 6.61 Å².